The van der Waals surface area contributed by atoms with Gasteiger partial charge in [-0.3, -0.25) is 4.79 Å². The van der Waals surface area contributed by atoms with Crippen LogP contribution < -0.4 is 14.8 Å². The van der Waals surface area contributed by atoms with Crippen molar-refractivity contribution in [1.29, 1.82) is 0 Å². The van der Waals surface area contributed by atoms with Crippen molar-refractivity contribution >= 4 is 31.6 Å². The quantitative estimate of drug-likeness (QED) is 0.723. The monoisotopic (exact) mass is 347 g/mol. The van der Waals surface area contributed by atoms with E-state index in [0.29, 0.717) is 5.69 Å². The summed E-state index contributed by atoms with van der Waals surface area (Å²) in [6, 6.07) is 5.81. The van der Waals surface area contributed by atoms with Crippen LogP contribution in [0.1, 0.15) is 6.42 Å². The van der Waals surface area contributed by atoms with E-state index in [4.69, 9.17) is 5.14 Å². The minimum atomic E-state index is -3.63. The van der Waals surface area contributed by atoms with E-state index >= 15 is 0 Å². The Labute approximate surface area is 129 Å². The summed E-state index contributed by atoms with van der Waals surface area (Å²) < 4.78 is 47.7. The van der Waals surface area contributed by atoms with Crippen molar-refractivity contribution in [2.45, 2.75) is 11.3 Å². The number of nitrogens with two attached hydrogens (primary N) is 1. The van der Waals surface area contributed by atoms with Gasteiger partial charge in [-0.15, -0.1) is 0 Å². The molecule has 1 aromatic rings. The second kappa shape index (κ2) is 5.95. The normalized spacial score (nSPS) is 19.6. The lowest BCUT2D eigenvalue weighted by atomic mass is 10.1. The van der Waals surface area contributed by atoms with Crippen LogP contribution in [0.15, 0.2) is 29.2 Å². The van der Waals surface area contributed by atoms with Gasteiger partial charge in [-0.2, -0.15) is 0 Å². The molecule has 0 aliphatic carbocycles. The summed E-state index contributed by atoms with van der Waals surface area (Å²) in [7, 11) is -5.86. The predicted molar refractivity (Wildman–Crippen MR) is 81.1 cm³/mol. The first-order valence-corrected chi connectivity index (χ1v) is 9.67. The van der Waals surface area contributed by atoms with Crippen LogP contribution in [0.5, 0.6) is 0 Å². The number of nitrogens with zero attached hydrogens (tertiary/aromatic N) is 1. The molecule has 22 heavy (non-hydrogen) atoms. The second-order valence-corrected chi connectivity index (χ2v) is 8.65. The fourth-order valence-corrected chi connectivity index (χ4v) is 4.00. The van der Waals surface area contributed by atoms with Gasteiger partial charge in [-0.1, -0.05) is 0 Å². The van der Waals surface area contributed by atoms with E-state index in [1.165, 1.54) is 36.2 Å². The minimum absolute atomic E-state index is 0.0893. The van der Waals surface area contributed by atoms with Crippen molar-refractivity contribution in [1.82, 2.24) is 4.72 Å². The van der Waals surface area contributed by atoms with E-state index in [-0.39, 0.29) is 35.4 Å². The standard InChI is InChI=1S/C12H17N3O5S2/c1-14-22(19,20)11-4-2-10(3-5-11)15-7-9(6-12(15)16)8-21(13,17)18/h2-5,9,14H,6-8H2,1H3,(H2,13,17,18). The number of primary sulfonamides is 1. The van der Waals surface area contributed by atoms with Crippen molar-refractivity contribution in [2.24, 2.45) is 11.1 Å². The smallest absolute Gasteiger partial charge is 0.240 e. The minimum Gasteiger partial charge on any atom is -0.312 e. The van der Waals surface area contributed by atoms with Crippen molar-refractivity contribution in [3.63, 3.8) is 0 Å². The summed E-state index contributed by atoms with van der Waals surface area (Å²) in [6.07, 6.45) is 0.104. The zero-order valence-electron chi connectivity index (χ0n) is 11.9. The Morgan fingerprint density at radius 1 is 1.23 bits per heavy atom. The third kappa shape index (κ3) is 3.83. The number of sulfonamides is 2. The molecule has 2 rings (SSSR count). The topological polar surface area (TPSA) is 127 Å². The van der Waals surface area contributed by atoms with E-state index < -0.39 is 20.0 Å². The summed E-state index contributed by atoms with van der Waals surface area (Å²) in [5.74, 6) is -0.817. The highest BCUT2D eigenvalue weighted by Gasteiger charge is 2.32. The summed E-state index contributed by atoms with van der Waals surface area (Å²) in [4.78, 5) is 13.5. The molecular weight excluding hydrogens is 330 g/mol. The van der Waals surface area contributed by atoms with Gasteiger partial charge in [0, 0.05) is 24.6 Å². The molecule has 1 fully saturated rings. The van der Waals surface area contributed by atoms with E-state index in [1.54, 1.807) is 0 Å². The average molecular weight is 347 g/mol. The van der Waals surface area contributed by atoms with Gasteiger partial charge in [0.15, 0.2) is 0 Å². The fraction of sp³-hybridized carbons (Fsp3) is 0.417. The molecule has 1 aliphatic rings. The molecule has 1 saturated heterocycles. The summed E-state index contributed by atoms with van der Waals surface area (Å²) in [5, 5.41) is 5.00. The first-order chi connectivity index (χ1) is 10.1. The molecule has 1 atom stereocenters. The number of amides is 1. The maximum absolute atomic E-state index is 12.0. The molecule has 0 bridgehead atoms. The third-order valence-electron chi connectivity index (χ3n) is 3.40. The highest BCUT2D eigenvalue weighted by atomic mass is 32.2. The molecule has 1 aliphatic heterocycles. The number of hydrogen-bond donors (Lipinski definition) is 2. The van der Waals surface area contributed by atoms with Crippen molar-refractivity contribution < 1.29 is 21.6 Å². The molecule has 122 valence electrons. The van der Waals surface area contributed by atoms with Crippen molar-refractivity contribution in [3.8, 4) is 0 Å². The Kier molecular flexibility index (Phi) is 4.57. The van der Waals surface area contributed by atoms with Crippen LogP contribution in [0.25, 0.3) is 0 Å². The Morgan fingerprint density at radius 3 is 2.32 bits per heavy atom. The van der Waals surface area contributed by atoms with Crippen LogP contribution in [0, 0.1) is 5.92 Å². The van der Waals surface area contributed by atoms with Gasteiger partial charge in [0.25, 0.3) is 0 Å². The third-order valence-corrected chi connectivity index (χ3v) is 5.77. The van der Waals surface area contributed by atoms with Crippen molar-refractivity contribution in [2.75, 3.05) is 24.2 Å². The number of rotatable bonds is 5. The van der Waals surface area contributed by atoms with E-state index in [0.717, 1.165) is 0 Å². The molecule has 1 heterocycles. The predicted octanol–water partition coefficient (Wildman–Crippen LogP) is -0.764. The molecule has 10 heteroatoms. The average Bonchev–Trinajstić information content (AvgIpc) is 2.77. The zero-order valence-corrected chi connectivity index (χ0v) is 13.5. The lowest BCUT2D eigenvalue weighted by molar-refractivity contribution is -0.117. The first-order valence-electron chi connectivity index (χ1n) is 6.47. The van der Waals surface area contributed by atoms with Gasteiger partial charge >= 0.3 is 0 Å². The Hall–Kier alpha value is -1.49. The Bertz CT molecular complexity index is 771. The molecule has 0 saturated carbocycles. The number of nitrogens with one attached hydrogen (secondary N) is 1. The van der Waals surface area contributed by atoms with Crippen LogP contribution in [0.2, 0.25) is 0 Å². The molecule has 0 radical (unpaired) electrons. The fourth-order valence-electron chi connectivity index (χ4n) is 2.39. The maximum atomic E-state index is 12.0. The molecule has 1 unspecified atom stereocenters. The van der Waals surface area contributed by atoms with Crippen LogP contribution in [-0.2, 0) is 24.8 Å². The van der Waals surface area contributed by atoms with Gasteiger partial charge in [0.1, 0.15) is 0 Å². The SMILES string of the molecule is CNS(=O)(=O)c1ccc(N2CC(CS(N)(=O)=O)CC2=O)cc1. The lowest BCUT2D eigenvalue weighted by Crippen LogP contribution is -2.27. The zero-order chi connectivity index (χ0) is 16.5. The maximum Gasteiger partial charge on any atom is 0.240 e. The molecule has 0 spiro atoms. The van der Waals surface area contributed by atoms with Gasteiger partial charge in [-0.25, -0.2) is 26.7 Å². The number of carbonyl (C=O) groups excluding carboxylic acids is 1. The summed E-state index contributed by atoms with van der Waals surface area (Å²) >= 11 is 0. The number of benzene rings is 1. The second-order valence-electron chi connectivity index (χ2n) is 5.11. The van der Waals surface area contributed by atoms with Gasteiger partial charge in [-0.05, 0) is 31.3 Å². The van der Waals surface area contributed by atoms with Crippen LogP contribution in [-0.4, -0.2) is 42.1 Å². The molecule has 8 nitrogen and oxygen atoms in total. The van der Waals surface area contributed by atoms with Crippen LogP contribution in [0.3, 0.4) is 0 Å². The molecule has 3 N–H and O–H groups in total. The number of carbonyl (C=O) groups is 1. The van der Waals surface area contributed by atoms with Gasteiger partial charge in [0.2, 0.25) is 26.0 Å². The Balaban J connectivity index is 2.17. The van der Waals surface area contributed by atoms with Crippen LogP contribution in [0.4, 0.5) is 5.69 Å². The largest absolute Gasteiger partial charge is 0.312 e. The highest BCUT2D eigenvalue weighted by Crippen LogP contribution is 2.26. The lowest BCUT2D eigenvalue weighted by Gasteiger charge is -2.17. The van der Waals surface area contributed by atoms with Crippen LogP contribution >= 0.6 is 0 Å². The molecular formula is C12H17N3O5S2. The van der Waals surface area contributed by atoms with Gasteiger partial charge in [0.05, 0.1) is 10.6 Å². The van der Waals surface area contributed by atoms with E-state index in [9.17, 15) is 21.6 Å². The van der Waals surface area contributed by atoms with Crippen molar-refractivity contribution in [3.05, 3.63) is 24.3 Å². The molecule has 1 amide bonds. The Morgan fingerprint density at radius 2 is 1.82 bits per heavy atom. The molecule has 0 aromatic heterocycles. The van der Waals surface area contributed by atoms with E-state index in [2.05, 4.69) is 4.72 Å². The number of hydrogen-bond acceptors (Lipinski definition) is 5. The number of anilines is 1. The summed E-state index contributed by atoms with van der Waals surface area (Å²) in [5.41, 5.74) is 0.525. The molecule has 1 aromatic carbocycles. The first kappa shape index (κ1) is 16.9. The highest BCUT2D eigenvalue weighted by molar-refractivity contribution is 7.89. The van der Waals surface area contributed by atoms with Gasteiger partial charge < -0.3 is 4.90 Å². The van der Waals surface area contributed by atoms with E-state index in [1.807, 2.05) is 0 Å². The summed E-state index contributed by atoms with van der Waals surface area (Å²) in [6.45, 7) is 0.243.